The lowest BCUT2D eigenvalue weighted by Crippen LogP contribution is -2.25. The molecule has 0 fully saturated rings. The summed E-state index contributed by atoms with van der Waals surface area (Å²) in [4.78, 5) is 20.0. The van der Waals surface area contributed by atoms with Crippen molar-refractivity contribution < 1.29 is 4.79 Å². The van der Waals surface area contributed by atoms with Crippen molar-refractivity contribution in [2.24, 2.45) is 0 Å². The first-order valence-corrected chi connectivity index (χ1v) is 5.37. The van der Waals surface area contributed by atoms with Crippen molar-refractivity contribution in [3.05, 3.63) is 59.7 Å². The molecular weight excluding hydrogens is 214 g/mol. The van der Waals surface area contributed by atoms with Gasteiger partial charge in [-0.3, -0.25) is 14.8 Å². The second-order valence-corrected chi connectivity index (χ2v) is 3.67. The second-order valence-electron chi connectivity index (χ2n) is 3.67. The van der Waals surface area contributed by atoms with Crippen LogP contribution in [0.15, 0.2) is 42.7 Å². The molecule has 0 aliphatic rings. The third-order valence-electron chi connectivity index (χ3n) is 2.38. The smallest absolute Gasteiger partial charge is 0.270 e. The number of pyridine rings is 2. The molecule has 0 saturated heterocycles. The minimum absolute atomic E-state index is 0.172. The van der Waals surface area contributed by atoms with Crippen LogP contribution in [0.25, 0.3) is 0 Å². The monoisotopic (exact) mass is 227 g/mol. The highest BCUT2D eigenvalue weighted by Crippen LogP contribution is 2.03. The van der Waals surface area contributed by atoms with E-state index in [9.17, 15) is 4.79 Å². The zero-order chi connectivity index (χ0) is 12.1. The lowest BCUT2D eigenvalue weighted by Gasteiger charge is -2.05. The molecule has 0 saturated carbocycles. The molecule has 0 aliphatic carbocycles. The largest absolute Gasteiger partial charge is 0.345 e. The minimum Gasteiger partial charge on any atom is -0.345 e. The Morgan fingerprint density at radius 2 is 2.00 bits per heavy atom. The third kappa shape index (κ3) is 2.87. The summed E-state index contributed by atoms with van der Waals surface area (Å²) >= 11 is 0. The second kappa shape index (κ2) is 5.21. The van der Waals surface area contributed by atoms with E-state index in [4.69, 9.17) is 0 Å². The summed E-state index contributed by atoms with van der Waals surface area (Å²) in [6, 6.07) is 9.27. The molecule has 0 atom stereocenters. The maximum Gasteiger partial charge on any atom is 0.270 e. The van der Waals surface area contributed by atoms with Crippen molar-refractivity contribution in [1.29, 1.82) is 0 Å². The Balaban J connectivity index is 2.01. The Labute approximate surface area is 99.7 Å². The topological polar surface area (TPSA) is 54.9 Å². The predicted molar refractivity (Wildman–Crippen MR) is 64.4 cm³/mol. The predicted octanol–water partition coefficient (Wildman–Crippen LogP) is 1.72. The lowest BCUT2D eigenvalue weighted by molar-refractivity contribution is 0.0945. The average Bonchev–Trinajstić information content (AvgIpc) is 2.38. The van der Waals surface area contributed by atoms with Crippen LogP contribution in [0.3, 0.4) is 0 Å². The van der Waals surface area contributed by atoms with Gasteiger partial charge in [-0.15, -0.1) is 0 Å². The fraction of sp³-hybridized carbons (Fsp3) is 0.154. The number of aryl methyl sites for hydroxylation is 1. The molecule has 17 heavy (non-hydrogen) atoms. The van der Waals surface area contributed by atoms with Crippen LogP contribution in [0, 0.1) is 6.92 Å². The Bertz CT molecular complexity index is 511. The Hall–Kier alpha value is -2.23. The molecular formula is C13H13N3O. The molecule has 86 valence electrons. The molecule has 4 nitrogen and oxygen atoms in total. The number of carbonyl (C=O) groups is 1. The summed E-state index contributed by atoms with van der Waals surface area (Å²) < 4.78 is 0. The number of hydrogen-bond acceptors (Lipinski definition) is 3. The molecule has 2 aromatic rings. The molecule has 0 spiro atoms. The number of amides is 1. The van der Waals surface area contributed by atoms with Crippen molar-refractivity contribution in [3.63, 3.8) is 0 Å². The van der Waals surface area contributed by atoms with Crippen LogP contribution in [0.2, 0.25) is 0 Å². The van der Waals surface area contributed by atoms with Crippen molar-refractivity contribution in [3.8, 4) is 0 Å². The number of hydrogen-bond donors (Lipinski definition) is 1. The molecule has 0 aromatic carbocycles. The minimum atomic E-state index is -0.172. The molecule has 0 radical (unpaired) electrons. The summed E-state index contributed by atoms with van der Waals surface area (Å²) in [6.45, 7) is 2.28. The van der Waals surface area contributed by atoms with Crippen LogP contribution in [0.5, 0.6) is 0 Å². The van der Waals surface area contributed by atoms with Crippen LogP contribution in [-0.4, -0.2) is 15.9 Å². The van der Waals surface area contributed by atoms with Gasteiger partial charge in [0.2, 0.25) is 0 Å². The Kier molecular flexibility index (Phi) is 3.45. The van der Waals surface area contributed by atoms with Gasteiger partial charge in [0.05, 0.1) is 12.2 Å². The summed E-state index contributed by atoms with van der Waals surface area (Å²) in [5, 5.41) is 2.79. The normalized spacial score (nSPS) is 9.94. The van der Waals surface area contributed by atoms with E-state index in [0.717, 1.165) is 11.3 Å². The van der Waals surface area contributed by atoms with E-state index in [1.165, 1.54) is 0 Å². The summed E-state index contributed by atoms with van der Waals surface area (Å²) in [5.41, 5.74) is 2.16. The first kappa shape index (κ1) is 11.3. The number of rotatable bonds is 3. The van der Waals surface area contributed by atoms with E-state index >= 15 is 0 Å². The highest BCUT2D eigenvalue weighted by atomic mass is 16.1. The van der Waals surface area contributed by atoms with Gasteiger partial charge >= 0.3 is 0 Å². The molecule has 0 unspecified atom stereocenters. The maximum atomic E-state index is 11.8. The molecule has 0 aliphatic heterocycles. The molecule has 2 rings (SSSR count). The van der Waals surface area contributed by atoms with Gasteiger partial charge in [0.25, 0.3) is 5.91 Å². The SMILES string of the molecule is Cc1cccnc1C(=O)NCc1ccccn1. The van der Waals surface area contributed by atoms with Crippen LogP contribution in [-0.2, 0) is 6.54 Å². The zero-order valence-electron chi connectivity index (χ0n) is 9.55. The first-order chi connectivity index (χ1) is 8.27. The Morgan fingerprint density at radius 1 is 1.18 bits per heavy atom. The van der Waals surface area contributed by atoms with E-state index in [2.05, 4.69) is 15.3 Å². The maximum absolute atomic E-state index is 11.8. The number of nitrogens with zero attached hydrogens (tertiary/aromatic N) is 2. The lowest BCUT2D eigenvalue weighted by atomic mass is 10.2. The molecule has 4 heteroatoms. The average molecular weight is 227 g/mol. The van der Waals surface area contributed by atoms with E-state index in [1.807, 2.05) is 37.3 Å². The Morgan fingerprint density at radius 3 is 2.71 bits per heavy atom. The van der Waals surface area contributed by atoms with E-state index in [0.29, 0.717) is 12.2 Å². The fourth-order valence-corrected chi connectivity index (χ4v) is 1.48. The third-order valence-corrected chi connectivity index (χ3v) is 2.38. The van der Waals surface area contributed by atoms with Gasteiger partial charge in [-0.05, 0) is 30.7 Å². The van der Waals surface area contributed by atoms with E-state index < -0.39 is 0 Å². The number of aromatic nitrogens is 2. The fourth-order valence-electron chi connectivity index (χ4n) is 1.48. The number of carbonyl (C=O) groups excluding carboxylic acids is 1. The van der Waals surface area contributed by atoms with E-state index in [1.54, 1.807) is 12.4 Å². The molecule has 2 heterocycles. The quantitative estimate of drug-likeness (QED) is 0.868. The first-order valence-electron chi connectivity index (χ1n) is 5.37. The van der Waals surface area contributed by atoms with Crippen LogP contribution in [0.4, 0.5) is 0 Å². The van der Waals surface area contributed by atoms with Gasteiger partial charge in [-0.2, -0.15) is 0 Å². The highest BCUT2D eigenvalue weighted by molar-refractivity contribution is 5.93. The van der Waals surface area contributed by atoms with Crippen LogP contribution < -0.4 is 5.32 Å². The van der Waals surface area contributed by atoms with Gasteiger partial charge < -0.3 is 5.32 Å². The molecule has 2 aromatic heterocycles. The molecule has 1 amide bonds. The van der Waals surface area contributed by atoms with Crippen molar-refractivity contribution >= 4 is 5.91 Å². The van der Waals surface area contributed by atoms with Gasteiger partial charge in [0.15, 0.2) is 0 Å². The van der Waals surface area contributed by atoms with Crippen LogP contribution in [0.1, 0.15) is 21.7 Å². The number of nitrogens with one attached hydrogen (secondary N) is 1. The summed E-state index contributed by atoms with van der Waals surface area (Å²) in [5.74, 6) is -0.172. The molecule has 1 N–H and O–H groups in total. The van der Waals surface area contributed by atoms with E-state index in [-0.39, 0.29) is 5.91 Å². The summed E-state index contributed by atoms with van der Waals surface area (Å²) in [7, 11) is 0. The van der Waals surface area contributed by atoms with Crippen molar-refractivity contribution in [2.75, 3.05) is 0 Å². The van der Waals surface area contributed by atoms with Gasteiger partial charge in [0.1, 0.15) is 5.69 Å². The highest BCUT2D eigenvalue weighted by Gasteiger charge is 2.09. The van der Waals surface area contributed by atoms with Crippen molar-refractivity contribution in [1.82, 2.24) is 15.3 Å². The summed E-state index contributed by atoms with van der Waals surface area (Å²) in [6.07, 6.45) is 3.32. The molecule has 0 bridgehead atoms. The van der Waals surface area contributed by atoms with Gasteiger partial charge in [0, 0.05) is 12.4 Å². The standard InChI is InChI=1S/C13H13N3O/c1-10-5-4-8-15-12(10)13(17)16-9-11-6-2-3-7-14-11/h2-8H,9H2,1H3,(H,16,17). The van der Waals surface area contributed by atoms with Crippen molar-refractivity contribution in [2.45, 2.75) is 13.5 Å². The van der Waals surface area contributed by atoms with Crippen LogP contribution >= 0.6 is 0 Å². The van der Waals surface area contributed by atoms with Gasteiger partial charge in [-0.1, -0.05) is 12.1 Å². The van der Waals surface area contributed by atoms with Gasteiger partial charge in [-0.25, -0.2) is 0 Å². The zero-order valence-corrected chi connectivity index (χ0v) is 9.55.